The molecular formula is C19H32F6N2O5. The third kappa shape index (κ3) is 12.4. The van der Waals surface area contributed by atoms with Crippen molar-refractivity contribution in [1.82, 2.24) is 9.80 Å². The predicted octanol–water partition coefficient (Wildman–Crippen LogP) is 3.49. The molecule has 190 valence electrons. The Kier molecular flexibility index (Phi) is 12.5. The first kappa shape index (κ1) is 30.4. The van der Waals surface area contributed by atoms with Crippen LogP contribution in [0.3, 0.4) is 0 Å². The van der Waals surface area contributed by atoms with Gasteiger partial charge in [-0.15, -0.1) is 0 Å². The van der Waals surface area contributed by atoms with Crippen molar-refractivity contribution in [3.8, 4) is 0 Å². The number of rotatable bonds is 5. The van der Waals surface area contributed by atoms with Crippen LogP contribution in [-0.2, 0) is 14.3 Å². The van der Waals surface area contributed by atoms with Gasteiger partial charge in [-0.2, -0.15) is 26.3 Å². The van der Waals surface area contributed by atoms with Crippen molar-refractivity contribution in [2.75, 3.05) is 46.9 Å². The maximum absolute atomic E-state index is 10.6. The van der Waals surface area contributed by atoms with Crippen molar-refractivity contribution in [1.29, 1.82) is 0 Å². The molecule has 2 atom stereocenters. The monoisotopic (exact) mass is 482 g/mol. The number of carboxylic acids is 2. The largest absolute Gasteiger partial charge is 0.490 e. The minimum Gasteiger partial charge on any atom is -0.475 e. The molecule has 2 N–H and O–H groups in total. The van der Waals surface area contributed by atoms with Crippen LogP contribution in [0, 0.1) is 5.92 Å². The van der Waals surface area contributed by atoms with Crippen LogP contribution in [0.1, 0.15) is 39.0 Å². The van der Waals surface area contributed by atoms with Crippen LogP contribution < -0.4 is 0 Å². The Balaban J connectivity index is 0.000000570. The fourth-order valence-corrected chi connectivity index (χ4v) is 3.48. The first-order chi connectivity index (χ1) is 14.5. The molecule has 2 heterocycles. The van der Waals surface area contributed by atoms with E-state index in [1.807, 2.05) is 0 Å². The molecular weight excluding hydrogens is 450 g/mol. The highest BCUT2D eigenvalue weighted by Gasteiger charge is 2.42. The molecule has 1 spiro atoms. The second-order valence-electron chi connectivity index (χ2n) is 8.11. The number of carbonyl (C=O) groups is 2. The molecule has 0 aromatic heterocycles. The first-order valence-corrected chi connectivity index (χ1v) is 10.1. The van der Waals surface area contributed by atoms with Crippen molar-refractivity contribution in [2.45, 2.75) is 57.0 Å². The summed E-state index contributed by atoms with van der Waals surface area (Å²) in [6, 6.07) is 0. The molecule has 2 saturated heterocycles. The average molecular weight is 482 g/mol. The zero-order chi connectivity index (χ0) is 25.2. The van der Waals surface area contributed by atoms with Crippen LogP contribution in [0.5, 0.6) is 0 Å². The van der Waals surface area contributed by atoms with Crippen molar-refractivity contribution in [2.24, 2.45) is 5.92 Å². The molecule has 0 aliphatic carbocycles. The van der Waals surface area contributed by atoms with E-state index in [9.17, 15) is 26.3 Å². The van der Waals surface area contributed by atoms with E-state index in [1.165, 1.54) is 58.3 Å². The van der Waals surface area contributed by atoms with Crippen LogP contribution in [0.4, 0.5) is 26.3 Å². The van der Waals surface area contributed by atoms with E-state index >= 15 is 0 Å². The van der Waals surface area contributed by atoms with Gasteiger partial charge >= 0.3 is 24.3 Å². The summed E-state index contributed by atoms with van der Waals surface area (Å²) in [6.45, 7) is 8.18. The molecule has 2 aliphatic rings. The average Bonchev–Trinajstić information content (AvgIpc) is 3.03. The third-order valence-electron chi connectivity index (χ3n) is 5.05. The molecule has 2 unspecified atom stereocenters. The van der Waals surface area contributed by atoms with Gasteiger partial charge in [-0.25, -0.2) is 9.59 Å². The van der Waals surface area contributed by atoms with Gasteiger partial charge in [-0.1, -0.05) is 13.3 Å². The van der Waals surface area contributed by atoms with Crippen molar-refractivity contribution in [3.63, 3.8) is 0 Å². The quantitative estimate of drug-likeness (QED) is 0.580. The Morgan fingerprint density at radius 3 is 1.97 bits per heavy atom. The SMILES string of the molecule is CCC1COC2(CCCN(CCCN(C)C)C2)C1.O=C(O)C(F)(F)F.O=C(O)C(F)(F)F. The normalized spacial score (nSPS) is 23.9. The topological polar surface area (TPSA) is 90.3 Å². The van der Waals surface area contributed by atoms with E-state index in [-0.39, 0.29) is 5.60 Å². The number of piperidine rings is 1. The number of halogens is 6. The van der Waals surface area contributed by atoms with E-state index < -0.39 is 24.3 Å². The fraction of sp³-hybridized carbons (Fsp3) is 0.895. The van der Waals surface area contributed by atoms with Gasteiger partial charge in [0.05, 0.1) is 12.2 Å². The van der Waals surface area contributed by atoms with E-state index in [2.05, 4.69) is 30.8 Å². The van der Waals surface area contributed by atoms with Crippen molar-refractivity contribution < 1.29 is 50.9 Å². The Bertz CT molecular complexity index is 562. The maximum atomic E-state index is 10.6. The van der Waals surface area contributed by atoms with Gasteiger partial charge in [0.2, 0.25) is 0 Å². The lowest BCUT2D eigenvalue weighted by molar-refractivity contribution is -0.193. The minimum atomic E-state index is -5.08. The van der Waals surface area contributed by atoms with Gasteiger partial charge in [0.1, 0.15) is 0 Å². The number of nitrogens with zero attached hydrogens (tertiary/aromatic N) is 2. The second kappa shape index (κ2) is 13.2. The highest BCUT2D eigenvalue weighted by Crippen LogP contribution is 2.38. The second-order valence-corrected chi connectivity index (χ2v) is 8.11. The number of hydrogen-bond acceptors (Lipinski definition) is 5. The van der Waals surface area contributed by atoms with E-state index in [1.54, 1.807) is 0 Å². The van der Waals surface area contributed by atoms with Gasteiger partial charge in [0, 0.05) is 6.54 Å². The zero-order valence-electron chi connectivity index (χ0n) is 18.4. The molecule has 0 amide bonds. The Labute approximate surface area is 183 Å². The number of hydrogen-bond donors (Lipinski definition) is 2. The van der Waals surface area contributed by atoms with Gasteiger partial charge in [-0.05, 0) is 65.3 Å². The summed E-state index contributed by atoms with van der Waals surface area (Å²) in [5, 5.41) is 14.2. The predicted molar refractivity (Wildman–Crippen MR) is 103 cm³/mol. The zero-order valence-corrected chi connectivity index (χ0v) is 18.4. The fourth-order valence-electron chi connectivity index (χ4n) is 3.48. The number of alkyl halides is 6. The lowest BCUT2D eigenvalue weighted by atomic mass is 9.86. The molecule has 0 aromatic rings. The summed E-state index contributed by atoms with van der Waals surface area (Å²) < 4.78 is 69.7. The van der Waals surface area contributed by atoms with Gasteiger partial charge < -0.3 is 24.7 Å². The summed E-state index contributed by atoms with van der Waals surface area (Å²) in [6.07, 6.45) is -3.71. The van der Waals surface area contributed by atoms with Crippen LogP contribution in [0.2, 0.25) is 0 Å². The van der Waals surface area contributed by atoms with E-state index in [0.717, 1.165) is 12.5 Å². The maximum Gasteiger partial charge on any atom is 0.490 e. The molecule has 2 rings (SSSR count). The summed E-state index contributed by atoms with van der Waals surface area (Å²) in [4.78, 5) is 22.7. The lowest BCUT2D eigenvalue weighted by Gasteiger charge is -2.40. The van der Waals surface area contributed by atoms with Crippen LogP contribution >= 0.6 is 0 Å². The Morgan fingerprint density at radius 2 is 1.59 bits per heavy atom. The third-order valence-corrected chi connectivity index (χ3v) is 5.05. The van der Waals surface area contributed by atoms with Crippen molar-refractivity contribution in [3.05, 3.63) is 0 Å². The van der Waals surface area contributed by atoms with Crippen LogP contribution in [0.15, 0.2) is 0 Å². The molecule has 0 bridgehead atoms. The molecule has 13 heteroatoms. The smallest absolute Gasteiger partial charge is 0.475 e. The molecule has 0 aromatic carbocycles. The summed E-state index contributed by atoms with van der Waals surface area (Å²) in [5.74, 6) is -4.70. The van der Waals surface area contributed by atoms with Gasteiger partial charge in [0.15, 0.2) is 0 Å². The molecule has 0 saturated carbocycles. The first-order valence-electron chi connectivity index (χ1n) is 10.1. The number of ether oxygens (including phenoxy) is 1. The summed E-state index contributed by atoms with van der Waals surface area (Å²) >= 11 is 0. The minimum absolute atomic E-state index is 0.219. The Hall–Kier alpha value is -1.60. The van der Waals surface area contributed by atoms with Crippen LogP contribution in [0.25, 0.3) is 0 Å². The summed E-state index contributed by atoms with van der Waals surface area (Å²) in [7, 11) is 4.31. The number of likely N-dealkylation sites (tertiary alicyclic amines) is 1. The van der Waals surface area contributed by atoms with Gasteiger partial charge in [0.25, 0.3) is 0 Å². The highest BCUT2D eigenvalue weighted by molar-refractivity contribution is 5.73. The van der Waals surface area contributed by atoms with Crippen LogP contribution in [-0.4, -0.2) is 96.8 Å². The molecule has 2 fully saturated rings. The summed E-state index contributed by atoms with van der Waals surface area (Å²) in [5.41, 5.74) is 0.219. The Morgan fingerprint density at radius 1 is 1.09 bits per heavy atom. The highest BCUT2D eigenvalue weighted by atomic mass is 19.4. The number of aliphatic carboxylic acids is 2. The van der Waals surface area contributed by atoms with E-state index in [0.29, 0.717) is 0 Å². The molecule has 2 aliphatic heterocycles. The molecule has 7 nitrogen and oxygen atoms in total. The van der Waals surface area contributed by atoms with Gasteiger partial charge in [-0.3, -0.25) is 0 Å². The lowest BCUT2D eigenvalue weighted by Crippen LogP contribution is -2.48. The van der Waals surface area contributed by atoms with E-state index in [4.69, 9.17) is 24.5 Å². The molecule has 32 heavy (non-hydrogen) atoms. The number of carboxylic acid groups (broad SMARTS) is 2. The molecule has 0 radical (unpaired) electrons. The van der Waals surface area contributed by atoms with Crippen molar-refractivity contribution >= 4 is 11.9 Å². The standard InChI is InChI=1S/C15H30N2O.2C2HF3O2/c1-4-14-11-15(18-12-14)7-5-9-17(13-15)10-6-8-16(2)3;2*3-2(4,5)1(6)7/h14H,4-13H2,1-3H3;2*(H,6,7).